The van der Waals surface area contributed by atoms with Crippen LogP contribution in [0.1, 0.15) is 32.1 Å². The largest absolute Gasteiger partial charge is 0.341 e. The molecule has 204 valence electrons. The van der Waals surface area contributed by atoms with E-state index in [4.69, 9.17) is 0 Å². The summed E-state index contributed by atoms with van der Waals surface area (Å²) in [6.07, 6.45) is 3.86. The van der Waals surface area contributed by atoms with Crippen molar-refractivity contribution in [3.8, 4) is 0 Å². The molecule has 0 bridgehead atoms. The van der Waals surface area contributed by atoms with Crippen LogP contribution in [0.3, 0.4) is 0 Å². The summed E-state index contributed by atoms with van der Waals surface area (Å²) < 4.78 is 29.1. The van der Waals surface area contributed by atoms with Gasteiger partial charge in [-0.15, -0.1) is 0 Å². The third-order valence-electron chi connectivity index (χ3n) is 8.53. The predicted octanol–water partition coefficient (Wildman–Crippen LogP) is 3.68. The van der Waals surface area contributed by atoms with Gasteiger partial charge in [0.05, 0.1) is 11.6 Å². The van der Waals surface area contributed by atoms with E-state index in [0.717, 1.165) is 43.4 Å². The third kappa shape index (κ3) is 4.57. The first-order chi connectivity index (χ1) is 18.9. The number of hydrogen-bond donors (Lipinski definition) is 0. The quantitative estimate of drug-likeness (QED) is 0.488. The highest BCUT2D eigenvalue weighted by atomic mass is 32.2. The summed E-state index contributed by atoms with van der Waals surface area (Å²) in [5, 5.41) is 1.58. The van der Waals surface area contributed by atoms with Crippen molar-refractivity contribution in [1.29, 1.82) is 0 Å². The zero-order valence-corrected chi connectivity index (χ0v) is 22.9. The molecule has 0 atom stereocenters. The van der Waals surface area contributed by atoms with Crippen LogP contribution in [0.15, 0.2) is 77.7 Å². The van der Waals surface area contributed by atoms with Crippen LogP contribution in [0.4, 0.5) is 5.69 Å². The van der Waals surface area contributed by atoms with Gasteiger partial charge in [-0.2, -0.15) is 4.31 Å². The minimum Gasteiger partial charge on any atom is -0.341 e. The van der Waals surface area contributed by atoms with Crippen LogP contribution in [-0.2, 0) is 19.6 Å². The number of hydrogen-bond acceptors (Lipinski definition) is 5. The van der Waals surface area contributed by atoms with Crippen LogP contribution in [0.5, 0.6) is 0 Å². The lowest BCUT2D eigenvalue weighted by atomic mass is 9.86. The molecule has 0 N–H and O–H groups in total. The number of para-hydroxylation sites is 1. The molecule has 1 spiro atoms. The van der Waals surface area contributed by atoms with Crippen molar-refractivity contribution in [2.45, 2.75) is 42.5 Å². The van der Waals surface area contributed by atoms with Crippen molar-refractivity contribution in [1.82, 2.24) is 14.1 Å². The SMILES string of the molecule is O=C(CN1CN(c2ccccc2)C2(CCN(S(=O)(=O)c3cccc4ccccc34)CC2)C1=O)N1CCCCC1. The summed E-state index contributed by atoms with van der Waals surface area (Å²) in [4.78, 5) is 33.0. The minimum absolute atomic E-state index is 0.0101. The van der Waals surface area contributed by atoms with Crippen LogP contribution in [0, 0.1) is 0 Å². The minimum atomic E-state index is -3.75. The molecule has 3 aromatic rings. The number of carbonyl (C=O) groups excluding carboxylic acids is 2. The highest BCUT2D eigenvalue weighted by Crippen LogP contribution is 2.41. The third-order valence-corrected chi connectivity index (χ3v) is 10.5. The molecule has 9 heteroatoms. The Labute approximate surface area is 229 Å². The number of amides is 2. The molecule has 0 saturated carbocycles. The Balaban J connectivity index is 1.26. The van der Waals surface area contributed by atoms with E-state index in [1.807, 2.05) is 65.6 Å². The lowest BCUT2D eigenvalue weighted by Crippen LogP contribution is -2.57. The van der Waals surface area contributed by atoms with Gasteiger partial charge in [0.2, 0.25) is 21.8 Å². The molecule has 2 amide bonds. The monoisotopic (exact) mass is 546 g/mol. The van der Waals surface area contributed by atoms with Crippen LogP contribution >= 0.6 is 0 Å². The summed E-state index contributed by atoms with van der Waals surface area (Å²) in [6.45, 7) is 2.33. The van der Waals surface area contributed by atoms with E-state index in [2.05, 4.69) is 4.90 Å². The van der Waals surface area contributed by atoms with Crippen molar-refractivity contribution in [2.24, 2.45) is 0 Å². The summed E-state index contributed by atoms with van der Waals surface area (Å²) in [5.41, 5.74) is 0.0260. The van der Waals surface area contributed by atoms with E-state index in [-0.39, 0.29) is 31.4 Å². The van der Waals surface area contributed by atoms with Gasteiger partial charge in [-0.3, -0.25) is 9.59 Å². The molecular formula is C30H34N4O4S. The molecule has 0 aromatic heterocycles. The Kier molecular flexibility index (Phi) is 6.81. The maximum absolute atomic E-state index is 14.0. The highest BCUT2D eigenvalue weighted by molar-refractivity contribution is 7.89. The fraction of sp³-hybridized carbons (Fsp3) is 0.400. The van der Waals surface area contributed by atoms with Crippen molar-refractivity contribution in [3.63, 3.8) is 0 Å². The Morgan fingerprint density at radius 1 is 0.795 bits per heavy atom. The smallest absolute Gasteiger partial charge is 0.250 e. The number of anilines is 1. The van der Waals surface area contributed by atoms with Gasteiger partial charge in [0.25, 0.3) is 0 Å². The van der Waals surface area contributed by atoms with E-state index in [9.17, 15) is 18.0 Å². The average Bonchev–Trinajstić information content (AvgIpc) is 3.24. The highest BCUT2D eigenvalue weighted by Gasteiger charge is 2.55. The van der Waals surface area contributed by atoms with Gasteiger partial charge in [-0.1, -0.05) is 54.6 Å². The van der Waals surface area contributed by atoms with Gasteiger partial charge in [0, 0.05) is 37.3 Å². The molecular weight excluding hydrogens is 512 g/mol. The van der Waals surface area contributed by atoms with Crippen LogP contribution in [0.25, 0.3) is 10.8 Å². The molecule has 8 nitrogen and oxygen atoms in total. The van der Waals surface area contributed by atoms with E-state index >= 15 is 0 Å². The molecule has 6 rings (SSSR count). The standard InChI is InChI=1S/C30H34N4O4S/c35-28(31-18-7-2-8-19-31)22-32-23-34(25-12-3-1-4-13-25)30(29(32)36)16-20-33(21-17-30)39(37,38)27-15-9-11-24-10-5-6-14-26(24)27/h1,3-6,9-15H,2,7-8,16-23H2. The summed E-state index contributed by atoms with van der Waals surface area (Å²) in [6, 6.07) is 22.6. The average molecular weight is 547 g/mol. The van der Waals surface area contributed by atoms with E-state index in [1.165, 1.54) is 4.31 Å². The number of fused-ring (bicyclic) bond motifs is 1. The lowest BCUT2D eigenvalue weighted by molar-refractivity contribution is -0.141. The number of rotatable bonds is 5. The van der Waals surface area contributed by atoms with Gasteiger partial charge < -0.3 is 14.7 Å². The number of likely N-dealkylation sites (tertiary alicyclic amines) is 1. The maximum Gasteiger partial charge on any atom is 0.250 e. The molecule has 3 heterocycles. The molecule has 0 radical (unpaired) electrons. The second-order valence-electron chi connectivity index (χ2n) is 10.8. The number of nitrogens with zero attached hydrogens (tertiary/aromatic N) is 4. The number of benzene rings is 3. The first-order valence-electron chi connectivity index (χ1n) is 13.8. The summed E-state index contributed by atoms with van der Waals surface area (Å²) in [5.74, 6) is -0.0944. The Bertz CT molecular complexity index is 1470. The fourth-order valence-corrected chi connectivity index (χ4v) is 8.04. The van der Waals surface area contributed by atoms with Gasteiger partial charge in [-0.25, -0.2) is 8.42 Å². The zero-order chi connectivity index (χ0) is 27.0. The number of piperidine rings is 2. The first-order valence-corrected chi connectivity index (χ1v) is 15.2. The first kappa shape index (κ1) is 25.8. The molecule has 0 aliphatic carbocycles. The molecule has 3 saturated heterocycles. The van der Waals surface area contributed by atoms with Crippen molar-refractivity contribution >= 4 is 38.3 Å². The van der Waals surface area contributed by atoms with Gasteiger partial charge in [-0.05, 0) is 55.7 Å². The molecule has 0 unspecified atom stereocenters. The topological polar surface area (TPSA) is 81.2 Å². The van der Waals surface area contributed by atoms with E-state index in [0.29, 0.717) is 29.8 Å². The molecule has 3 fully saturated rings. The Morgan fingerprint density at radius 3 is 2.21 bits per heavy atom. The Hall–Kier alpha value is -3.43. The number of sulfonamides is 1. The molecule has 3 aliphatic rings. The molecule has 3 aliphatic heterocycles. The zero-order valence-electron chi connectivity index (χ0n) is 22.0. The van der Waals surface area contributed by atoms with Crippen LogP contribution in [-0.4, -0.2) is 79.3 Å². The second kappa shape index (κ2) is 10.3. The van der Waals surface area contributed by atoms with Crippen molar-refractivity contribution in [2.75, 3.05) is 44.3 Å². The predicted molar refractivity (Wildman–Crippen MR) is 151 cm³/mol. The summed E-state index contributed by atoms with van der Waals surface area (Å²) in [7, 11) is -3.75. The second-order valence-corrected chi connectivity index (χ2v) is 12.7. The maximum atomic E-state index is 14.0. The molecule has 39 heavy (non-hydrogen) atoms. The van der Waals surface area contributed by atoms with E-state index in [1.54, 1.807) is 17.0 Å². The van der Waals surface area contributed by atoms with E-state index < -0.39 is 15.6 Å². The molecule has 3 aromatic carbocycles. The Morgan fingerprint density at radius 2 is 1.46 bits per heavy atom. The van der Waals surface area contributed by atoms with Gasteiger partial charge in [0.1, 0.15) is 12.1 Å². The van der Waals surface area contributed by atoms with Crippen molar-refractivity contribution < 1.29 is 18.0 Å². The van der Waals surface area contributed by atoms with Crippen LogP contribution in [0.2, 0.25) is 0 Å². The van der Waals surface area contributed by atoms with Gasteiger partial charge in [0.15, 0.2) is 0 Å². The van der Waals surface area contributed by atoms with Gasteiger partial charge >= 0.3 is 0 Å². The van der Waals surface area contributed by atoms with Crippen LogP contribution < -0.4 is 4.90 Å². The fourth-order valence-electron chi connectivity index (χ4n) is 6.39. The number of carbonyl (C=O) groups is 2. The lowest BCUT2D eigenvalue weighted by Gasteiger charge is -2.42. The summed E-state index contributed by atoms with van der Waals surface area (Å²) >= 11 is 0. The normalized spacial score (nSPS) is 20.2. The van der Waals surface area contributed by atoms with Crippen molar-refractivity contribution in [3.05, 3.63) is 72.8 Å².